The van der Waals surface area contributed by atoms with Crippen molar-refractivity contribution in [3.63, 3.8) is 0 Å². The van der Waals surface area contributed by atoms with Crippen molar-refractivity contribution in [1.82, 2.24) is 0 Å². The van der Waals surface area contributed by atoms with Gasteiger partial charge in [0.05, 0.1) is 0 Å². The van der Waals surface area contributed by atoms with E-state index in [4.69, 9.17) is 0 Å². The second-order valence-corrected chi connectivity index (χ2v) is 19.2. The Labute approximate surface area is 312 Å². The van der Waals surface area contributed by atoms with Gasteiger partial charge in [0.25, 0.3) is 0 Å². The van der Waals surface area contributed by atoms with E-state index in [1.54, 1.807) is 85.0 Å². The second kappa shape index (κ2) is 16.9. The predicted octanol–water partition coefficient (Wildman–Crippen LogP) is 9.93. The molecule has 53 heavy (non-hydrogen) atoms. The van der Waals surface area contributed by atoms with Gasteiger partial charge in [-0.3, -0.25) is 0 Å². The second-order valence-electron chi connectivity index (χ2n) is 13.3. The third-order valence-electron chi connectivity index (χ3n) is 9.98. The van der Waals surface area contributed by atoms with Gasteiger partial charge >= 0.3 is 313 Å². The molecule has 0 unspecified atom stereocenters. The molecule has 2 aliphatic carbocycles. The standard InChI is InChI=1S/2C17H16F2NO.2C5H5.Ti/c2*1-2-3-11-20(16-10-9-14(18)12-15(16)19)17(21)13-7-5-4-6-8-13;2*1-2-4-5-3-1;/h2*4-10H,2-3,11H2,1H3;2*1-3H,4H2;. The minimum atomic E-state index is -5.30. The van der Waals surface area contributed by atoms with Gasteiger partial charge in [-0.05, 0) is 0 Å². The molecule has 0 radical (unpaired) electrons. The zero-order valence-electron chi connectivity index (χ0n) is 29.9. The molecule has 0 saturated carbocycles. The maximum absolute atomic E-state index is 17.8. The van der Waals surface area contributed by atoms with Crippen LogP contribution < -0.4 is 17.5 Å². The van der Waals surface area contributed by atoms with Crippen molar-refractivity contribution >= 4 is 30.9 Å². The number of carbonyl (C=O) groups excluding carboxylic acids is 2. The minimum absolute atomic E-state index is 0.146. The van der Waals surface area contributed by atoms with Gasteiger partial charge in [-0.1, -0.05) is 0 Å². The quantitative estimate of drug-likeness (QED) is 0.0951. The van der Waals surface area contributed by atoms with Gasteiger partial charge in [-0.15, -0.1) is 0 Å². The molecular weight excluding hydrogens is 712 g/mol. The molecule has 0 saturated heterocycles. The van der Waals surface area contributed by atoms with Crippen molar-refractivity contribution in [2.24, 2.45) is 0 Å². The Bertz CT molecular complexity index is 1960. The van der Waals surface area contributed by atoms with Crippen LogP contribution in [0.15, 0.2) is 129 Å². The molecule has 272 valence electrons. The van der Waals surface area contributed by atoms with Gasteiger partial charge in [-0.25, -0.2) is 0 Å². The Balaban J connectivity index is 1.65. The fourth-order valence-corrected chi connectivity index (χ4v) is 15.6. The van der Waals surface area contributed by atoms with Crippen LogP contribution in [0.25, 0.3) is 0 Å². The van der Waals surface area contributed by atoms with Gasteiger partial charge in [0, 0.05) is 0 Å². The number of benzene rings is 4. The summed E-state index contributed by atoms with van der Waals surface area (Å²) in [4.78, 5) is 30.6. The number of nitrogens with zero attached hydrogens (tertiary/aromatic N) is 2. The number of amides is 2. The molecule has 0 heterocycles. The summed E-state index contributed by atoms with van der Waals surface area (Å²) in [5.74, 6) is -4.86. The molecule has 4 nitrogen and oxygen atoms in total. The van der Waals surface area contributed by atoms with Crippen LogP contribution in [0.4, 0.5) is 28.9 Å². The number of hydrogen-bond acceptors (Lipinski definition) is 2. The summed E-state index contributed by atoms with van der Waals surface area (Å²) in [7, 11) is 0. The van der Waals surface area contributed by atoms with Crippen LogP contribution in [0.2, 0.25) is 0 Å². The number of unbranched alkanes of at least 4 members (excludes halogenated alkanes) is 2. The molecule has 2 amide bonds. The third kappa shape index (κ3) is 7.27. The number of hydrogen-bond donors (Lipinski definition) is 0. The maximum atomic E-state index is 17.8. The van der Waals surface area contributed by atoms with Gasteiger partial charge < -0.3 is 0 Å². The molecule has 0 aliphatic heterocycles. The Morgan fingerprint density at radius 1 is 0.585 bits per heavy atom. The van der Waals surface area contributed by atoms with Crippen molar-refractivity contribution in [2.75, 3.05) is 22.9 Å². The summed E-state index contributed by atoms with van der Waals surface area (Å²) < 4.78 is 69.7. The van der Waals surface area contributed by atoms with E-state index in [2.05, 4.69) is 0 Å². The molecule has 0 spiro atoms. The molecule has 6 rings (SSSR count). The molecule has 0 bridgehead atoms. The van der Waals surface area contributed by atoms with Gasteiger partial charge in [0.15, 0.2) is 0 Å². The Hall–Kier alpha value is -4.79. The monoisotopic (exact) mass is 754 g/mol. The van der Waals surface area contributed by atoms with Crippen molar-refractivity contribution in [2.45, 2.75) is 52.4 Å². The average molecular weight is 755 g/mol. The fourth-order valence-electron chi connectivity index (χ4n) is 7.38. The summed E-state index contributed by atoms with van der Waals surface area (Å²) >= 11 is -5.30. The van der Waals surface area contributed by atoms with Crippen LogP contribution in [0.5, 0.6) is 0 Å². The van der Waals surface area contributed by atoms with Crippen LogP contribution in [0.3, 0.4) is 0 Å². The normalized spacial score (nSPS) is 13.6. The summed E-state index contributed by atoms with van der Waals surface area (Å²) in [5.41, 5.74) is 0.342. The first-order valence-corrected chi connectivity index (χ1v) is 21.3. The van der Waals surface area contributed by atoms with Gasteiger partial charge in [0.1, 0.15) is 0 Å². The van der Waals surface area contributed by atoms with Crippen LogP contribution >= 0.6 is 0 Å². The van der Waals surface area contributed by atoms with E-state index in [-0.39, 0.29) is 37.3 Å². The van der Waals surface area contributed by atoms with E-state index >= 15 is 17.6 Å². The Morgan fingerprint density at radius 3 is 1.32 bits per heavy atom. The number of rotatable bonds is 14. The number of allylic oxidation sites excluding steroid dienone is 8. The molecule has 0 fully saturated rings. The average Bonchev–Trinajstić information content (AvgIpc) is 3.93. The Kier molecular flexibility index (Phi) is 12.1. The molecule has 9 heteroatoms. The predicted molar refractivity (Wildman–Crippen MR) is 202 cm³/mol. The van der Waals surface area contributed by atoms with E-state index in [1.165, 1.54) is 21.9 Å². The molecule has 4 aromatic rings. The first kappa shape index (κ1) is 38.0. The van der Waals surface area contributed by atoms with E-state index in [0.29, 0.717) is 44.6 Å². The molecule has 0 aromatic heterocycles. The zero-order chi connectivity index (χ0) is 37.5. The summed E-state index contributed by atoms with van der Waals surface area (Å²) in [6.07, 6.45) is 13.5. The van der Waals surface area contributed by atoms with Crippen LogP contribution in [0, 0.1) is 23.3 Å². The fraction of sp³-hybridized carbons (Fsp3) is 0.227. The summed E-state index contributed by atoms with van der Waals surface area (Å²) in [5, 5.41) is 0. The zero-order valence-corrected chi connectivity index (χ0v) is 31.5. The van der Waals surface area contributed by atoms with E-state index in [9.17, 15) is 9.59 Å². The van der Waals surface area contributed by atoms with Gasteiger partial charge in [-0.2, -0.15) is 0 Å². The Morgan fingerprint density at radius 2 is 0.981 bits per heavy atom. The number of carbonyl (C=O) groups is 2. The summed E-state index contributed by atoms with van der Waals surface area (Å²) in [6.45, 7) is 4.18. The SMILES string of the molecule is CCCCN(C(=O)c1ccccc1)c1ccc(F)[c]([Ti]([C]2=CC=CC2)([C]2=CC=CC2)[c]2c(F)ccc(N(CCCC)C(=O)c3ccccc3)c2F)c1F. The van der Waals surface area contributed by atoms with E-state index < -0.39 is 59.4 Å². The van der Waals surface area contributed by atoms with Crippen molar-refractivity contribution < 1.29 is 43.7 Å². The third-order valence-corrected chi connectivity index (χ3v) is 17.9. The number of anilines is 2. The molecule has 4 aromatic carbocycles. The van der Waals surface area contributed by atoms with Gasteiger partial charge in [0.2, 0.25) is 0 Å². The van der Waals surface area contributed by atoms with Crippen LogP contribution in [-0.4, -0.2) is 24.9 Å². The van der Waals surface area contributed by atoms with Crippen molar-refractivity contribution in [3.05, 3.63) is 164 Å². The number of halogens is 4. The van der Waals surface area contributed by atoms with Crippen molar-refractivity contribution in [3.8, 4) is 0 Å². The summed E-state index contributed by atoms with van der Waals surface area (Å²) in [6, 6.07) is 21.6. The molecular formula is C44H42F4N2O2Ti. The van der Waals surface area contributed by atoms with E-state index in [0.717, 1.165) is 12.1 Å². The molecule has 0 atom stereocenters. The van der Waals surface area contributed by atoms with Crippen molar-refractivity contribution in [1.29, 1.82) is 0 Å². The van der Waals surface area contributed by atoms with Crippen LogP contribution in [0.1, 0.15) is 73.1 Å². The van der Waals surface area contributed by atoms with Crippen LogP contribution in [-0.2, 0) is 16.6 Å². The molecule has 0 N–H and O–H groups in total. The topological polar surface area (TPSA) is 40.6 Å². The first-order chi connectivity index (χ1) is 25.7. The first-order valence-electron chi connectivity index (χ1n) is 18.2. The molecule has 2 aliphatic rings. The van der Waals surface area contributed by atoms with E-state index in [1.807, 2.05) is 26.0 Å².